The predicted octanol–water partition coefficient (Wildman–Crippen LogP) is 0.931. The first-order chi connectivity index (χ1) is 9.92. The largest absolute Gasteiger partial charge is 0.399 e. The SMILES string of the molecule is CNS(=O)(=O)c1cc(N)ccc1NCC1CCCN(C)C1. The van der Waals surface area contributed by atoms with Crippen molar-refractivity contribution in [3.8, 4) is 0 Å². The average molecular weight is 312 g/mol. The molecule has 1 heterocycles. The van der Waals surface area contributed by atoms with Gasteiger partial charge in [0.15, 0.2) is 0 Å². The van der Waals surface area contributed by atoms with Crippen molar-refractivity contribution in [3.05, 3.63) is 18.2 Å². The highest BCUT2D eigenvalue weighted by molar-refractivity contribution is 7.89. The number of nitrogens with zero attached hydrogens (tertiary/aromatic N) is 1. The second-order valence-corrected chi connectivity index (χ2v) is 7.47. The highest BCUT2D eigenvalue weighted by Crippen LogP contribution is 2.25. The molecule has 4 N–H and O–H groups in total. The van der Waals surface area contributed by atoms with Crippen LogP contribution < -0.4 is 15.8 Å². The molecule has 0 saturated carbocycles. The molecule has 1 unspecified atom stereocenters. The van der Waals surface area contributed by atoms with E-state index in [9.17, 15) is 8.42 Å². The van der Waals surface area contributed by atoms with Crippen LogP contribution in [0.15, 0.2) is 23.1 Å². The van der Waals surface area contributed by atoms with Crippen molar-refractivity contribution in [2.75, 3.05) is 44.8 Å². The maximum Gasteiger partial charge on any atom is 0.242 e. The molecule has 0 spiro atoms. The number of hydrogen-bond donors (Lipinski definition) is 3. The Bertz CT molecular complexity index is 589. The van der Waals surface area contributed by atoms with Gasteiger partial charge in [0, 0.05) is 18.8 Å². The van der Waals surface area contributed by atoms with E-state index < -0.39 is 10.0 Å². The van der Waals surface area contributed by atoms with Gasteiger partial charge in [0.05, 0.1) is 5.69 Å². The number of benzene rings is 1. The lowest BCUT2D eigenvalue weighted by atomic mass is 9.98. The van der Waals surface area contributed by atoms with E-state index in [0.717, 1.165) is 19.6 Å². The lowest BCUT2D eigenvalue weighted by Gasteiger charge is -2.30. The van der Waals surface area contributed by atoms with E-state index in [1.165, 1.54) is 26.0 Å². The van der Waals surface area contributed by atoms with Crippen LogP contribution in [-0.2, 0) is 10.0 Å². The van der Waals surface area contributed by atoms with Gasteiger partial charge in [0.2, 0.25) is 10.0 Å². The topological polar surface area (TPSA) is 87.5 Å². The van der Waals surface area contributed by atoms with Gasteiger partial charge in [-0.1, -0.05) is 0 Å². The standard InChI is InChI=1S/C14H24N4O2S/c1-16-21(19,20)14-8-12(15)5-6-13(14)17-9-11-4-3-7-18(2)10-11/h5-6,8,11,16-17H,3-4,7,9-10,15H2,1-2H3. The molecular weight excluding hydrogens is 288 g/mol. The van der Waals surface area contributed by atoms with Gasteiger partial charge in [0.25, 0.3) is 0 Å². The van der Waals surface area contributed by atoms with E-state index in [1.54, 1.807) is 12.1 Å². The molecule has 118 valence electrons. The summed E-state index contributed by atoms with van der Waals surface area (Å²) in [5.74, 6) is 0.534. The number of rotatable bonds is 5. The van der Waals surface area contributed by atoms with Crippen LogP contribution in [0.1, 0.15) is 12.8 Å². The lowest BCUT2D eigenvalue weighted by Crippen LogP contribution is -2.35. The third-order valence-electron chi connectivity index (χ3n) is 3.87. The number of nitrogens with one attached hydrogen (secondary N) is 2. The Hall–Kier alpha value is -1.31. The molecule has 2 rings (SSSR count). The van der Waals surface area contributed by atoms with Gasteiger partial charge in [-0.15, -0.1) is 0 Å². The van der Waals surface area contributed by atoms with Crippen molar-refractivity contribution in [2.24, 2.45) is 5.92 Å². The Morgan fingerprint density at radius 3 is 2.86 bits per heavy atom. The number of sulfonamides is 1. The Balaban J connectivity index is 2.13. The first-order valence-corrected chi connectivity index (χ1v) is 8.66. The normalized spacial score (nSPS) is 20.4. The summed E-state index contributed by atoms with van der Waals surface area (Å²) in [4.78, 5) is 2.51. The van der Waals surface area contributed by atoms with Crippen molar-refractivity contribution in [3.63, 3.8) is 0 Å². The summed E-state index contributed by atoms with van der Waals surface area (Å²) in [6.45, 7) is 2.94. The number of nitrogens with two attached hydrogens (primary N) is 1. The van der Waals surface area contributed by atoms with E-state index in [2.05, 4.69) is 22.0 Å². The quantitative estimate of drug-likeness (QED) is 0.704. The number of piperidine rings is 1. The third kappa shape index (κ3) is 4.09. The smallest absolute Gasteiger partial charge is 0.242 e. The molecule has 0 radical (unpaired) electrons. The van der Waals surface area contributed by atoms with Crippen LogP contribution in [0.25, 0.3) is 0 Å². The minimum atomic E-state index is -3.52. The van der Waals surface area contributed by atoms with Crippen LogP contribution in [0, 0.1) is 5.92 Å². The molecule has 1 fully saturated rings. The first kappa shape index (κ1) is 16.1. The summed E-state index contributed by atoms with van der Waals surface area (Å²) in [5.41, 5.74) is 6.75. The summed E-state index contributed by atoms with van der Waals surface area (Å²) < 4.78 is 26.5. The molecular formula is C14H24N4O2S. The van der Waals surface area contributed by atoms with Crippen molar-refractivity contribution < 1.29 is 8.42 Å². The molecule has 1 aromatic rings. The average Bonchev–Trinajstić information content (AvgIpc) is 2.46. The monoisotopic (exact) mass is 312 g/mol. The molecule has 1 aliphatic heterocycles. The van der Waals surface area contributed by atoms with Gasteiger partial charge < -0.3 is 16.0 Å². The van der Waals surface area contributed by atoms with E-state index >= 15 is 0 Å². The minimum Gasteiger partial charge on any atom is -0.399 e. The lowest BCUT2D eigenvalue weighted by molar-refractivity contribution is 0.217. The maximum absolute atomic E-state index is 12.1. The summed E-state index contributed by atoms with van der Waals surface area (Å²) in [6, 6.07) is 4.93. The summed E-state index contributed by atoms with van der Waals surface area (Å²) >= 11 is 0. The second kappa shape index (κ2) is 6.64. The van der Waals surface area contributed by atoms with Crippen LogP contribution in [0.2, 0.25) is 0 Å². The van der Waals surface area contributed by atoms with Gasteiger partial charge in [-0.05, 0) is 57.6 Å². The molecule has 1 atom stereocenters. The summed E-state index contributed by atoms with van der Waals surface area (Å²) in [6.07, 6.45) is 2.35. The fourth-order valence-electron chi connectivity index (χ4n) is 2.71. The molecule has 0 aromatic heterocycles. The van der Waals surface area contributed by atoms with Crippen molar-refractivity contribution in [1.82, 2.24) is 9.62 Å². The fourth-order valence-corrected chi connectivity index (χ4v) is 3.65. The van der Waals surface area contributed by atoms with Crippen LogP contribution in [0.5, 0.6) is 0 Å². The Labute approximate surface area is 126 Å². The zero-order valence-corrected chi connectivity index (χ0v) is 13.4. The summed E-state index contributed by atoms with van der Waals surface area (Å²) in [7, 11) is 0.000568. The fraction of sp³-hybridized carbons (Fsp3) is 0.571. The van der Waals surface area contributed by atoms with Crippen LogP contribution >= 0.6 is 0 Å². The Morgan fingerprint density at radius 2 is 2.19 bits per heavy atom. The molecule has 0 bridgehead atoms. The molecule has 6 nitrogen and oxygen atoms in total. The summed E-state index contributed by atoms with van der Waals surface area (Å²) in [5, 5.41) is 3.27. The molecule has 1 aliphatic rings. The number of hydrogen-bond acceptors (Lipinski definition) is 5. The molecule has 1 saturated heterocycles. The van der Waals surface area contributed by atoms with E-state index in [0.29, 0.717) is 17.3 Å². The van der Waals surface area contributed by atoms with E-state index in [1.807, 2.05) is 0 Å². The maximum atomic E-state index is 12.1. The first-order valence-electron chi connectivity index (χ1n) is 7.18. The van der Waals surface area contributed by atoms with Crippen LogP contribution in [0.3, 0.4) is 0 Å². The highest BCUT2D eigenvalue weighted by Gasteiger charge is 2.20. The number of likely N-dealkylation sites (tertiary alicyclic amines) is 1. The molecule has 21 heavy (non-hydrogen) atoms. The zero-order chi connectivity index (χ0) is 15.5. The predicted molar refractivity (Wildman–Crippen MR) is 85.8 cm³/mol. The van der Waals surface area contributed by atoms with Crippen molar-refractivity contribution >= 4 is 21.4 Å². The van der Waals surface area contributed by atoms with E-state index in [-0.39, 0.29) is 4.90 Å². The van der Waals surface area contributed by atoms with Crippen LogP contribution in [0.4, 0.5) is 11.4 Å². The van der Waals surface area contributed by atoms with E-state index in [4.69, 9.17) is 5.73 Å². The number of nitrogen functional groups attached to an aromatic ring is 1. The zero-order valence-electron chi connectivity index (χ0n) is 12.6. The second-order valence-electron chi connectivity index (χ2n) is 5.61. The van der Waals surface area contributed by atoms with Gasteiger partial charge in [-0.25, -0.2) is 13.1 Å². The van der Waals surface area contributed by atoms with Gasteiger partial charge in [-0.2, -0.15) is 0 Å². The Kier molecular flexibility index (Phi) is 5.08. The molecule has 0 amide bonds. The highest BCUT2D eigenvalue weighted by atomic mass is 32.2. The third-order valence-corrected chi connectivity index (χ3v) is 5.32. The molecule has 7 heteroatoms. The molecule has 0 aliphatic carbocycles. The van der Waals surface area contributed by atoms with Crippen molar-refractivity contribution in [2.45, 2.75) is 17.7 Å². The van der Waals surface area contributed by atoms with Gasteiger partial charge in [0.1, 0.15) is 4.90 Å². The molecule has 1 aromatic carbocycles. The number of anilines is 2. The minimum absolute atomic E-state index is 0.203. The van der Waals surface area contributed by atoms with Crippen LogP contribution in [-0.4, -0.2) is 47.0 Å². The van der Waals surface area contributed by atoms with Gasteiger partial charge in [-0.3, -0.25) is 0 Å². The van der Waals surface area contributed by atoms with Crippen molar-refractivity contribution in [1.29, 1.82) is 0 Å². The Morgan fingerprint density at radius 1 is 1.43 bits per heavy atom. The van der Waals surface area contributed by atoms with Gasteiger partial charge >= 0.3 is 0 Å².